The van der Waals surface area contributed by atoms with Gasteiger partial charge in [0.25, 0.3) is 0 Å². The minimum atomic E-state index is -0.715. The number of benzene rings is 2. The van der Waals surface area contributed by atoms with Crippen molar-refractivity contribution in [2.75, 3.05) is 11.1 Å². The van der Waals surface area contributed by atoms with Crippen molar-refractivity contribution >= 4 is 35.2 Å². The van der Waals surface area contributed by atoms with Crippen molar-refractivity contribution in [2.24, 2.45) is 0 Å². The minimum absolute atomic E-state index is 0.159. The lowest BCUT2D eigenvalue weighted by atomic mass is 9.72. The van der Waals surface area contributed by atoms with Crippen LogP contribution in [0, 0.1) is 5.82 Å². The van der Waals surface area contributed by atoms with E-state index in [-0.39, 0.29) is 30.0 Å². The Morgan fingerprint density at radius 3 is 2.55 bits per heavy atom. The van der Waals surface area contributed by atoms with Crippen LogP contribution in [0.15, 0.2) is 53.4 Å². The van der Waals surface area contributed by atoms with Gasteiger partial charge in [0.2, 0.25) is 17.7 Å². The lowest BCUT2D eigenvalue weighted by molar-refractivity contribution is -0.138. The van der Waals surface area contributed by atoms with Gasteiger partial charge in [-0.3, -0.25) is 19.7 Å². The summed E-state index contributed by atoms with van der Waals surface area (Å²) in [6.07, 6.45) is 1.64. The van der Waals surface area contributed by atoms with Crippen molar-refractivity contribution in [1.82, 2.24) is 5.32 Å². The fraction of sp³-hybridized carbons (Fsp3) is 0.318. The molecule has 1 unspecified atom stereocenters. The summed E-state index contributed by atoms with van der Waals surface area (Å²) in [5.74, 6) is -0.480. The highest BCUT2D eigenvalue weighted by Gasteiger charge is 2.42. The summed E-state index contributed by atoms with van der Waals surface area (Å²) in [7, 11) is 0. The van der Waals surface area contributed by atoms with E-state index >= 15 is 0 Å². The van der Waals surface area contributed by atoms with Gasteiger partial charge in [0.1, 0.15) is 5.82 Å². The Bertz CT molecular complexity index is 917. The Balaban J connectivity index is 1.57. The van der Waals surface area contributed by atoms with Gasteiger partial charge < -0.3 is 5.32 Å². The molecule has 7 heteroatoms. The van der Waals surface area contributed by atoms with Gasteiger partial charge in [-0.2, -0.15) is 0 Å². The predicted octanol–water partition coefficient (Wildman–Crippen LogP) is 4.03. The van der Waals surface area contributed by atoms with Crippen molar-refractivity contribution in [1.29, 1.82) is 0 Å². The van der Waals surface area contributed by atoms with Gasteiger partial charge in [-0.15, -0.1) is 11.8 Å². The SMILES string of the molecule is CCC1(c2ccc(NC(=O)CCSc3ccccc3F)cc2)CCC(=O)NC1=O. The average molecular weight is 415 g/mol. The molecule has 29 heavy (non-hydrogen) atoms. The first-order valence-electron chi connectivity index (χ1n) is 9.56. The number of amides is 3. The molecule has 0 aromatic heterocycles. The third-order valence-corrected chi connectivity index (χ3v) is 6.26. The predicted molar refractivity (Wildman–Crippen MR) is 111 cm³/mol. The van der Waals surface area contributed by atoms with Gasteiger partial charge in [-0.25, -0.2) is 4.39 Å². The number of carbonyl (C=O) groups excluding carboxylic acids is 3. The van der Waals surface area contributed by atoms with E-state index in [1.54, 1.807) is 30.3 Å². The molecule has 0 aliphatic carbocycles. The largest absolute Gasteiger partial charge is 0.326 e. The highest BCUT2D eigenvalue weighted by molar-refractivity contribution is 7.99. The van der Waals surface area contributed by atoms with E-state index in [1.165, 1.54) is 17.8 Å². The van der Waals surface area contributed by atoms with Crippen LogP contribution in [0.3, 0.4) is 0 Å². The van der Waals surface area contributed by atoms with E-state index in [0.29, 0.717) is 35.6 Å². The van der Waals surface area contributed by atoms with E-state index < -0.39 is 5.41 Å². The van der Waals surface area contributed by atoms with Crippen molar-refractivity contribution in [3.8, 4) is 0 Å². The number of anilines is 1. The Hall–Kier alpha value is -2.67. The molecule has 1 heterocycles. The van der Waals surface area contributed by atoms with Crippen molar-refractivity contribution < 1.29 is 18.8 Å². The molecule has 5 nitrogen and oxygen atoms in total. The van der Waals surface area contributed by atoms with Gasteiger partial charge in [0, 0.05) is 29.2 Å². The molecule has 3 rings (SSSR count). The monoisotopic (exact) mass is 414 g/mol. The summed E-state index contributed by atoms with van der Waals surface area (Å²) in [6, 6.07) is 13.7. The molecule has 2 aromatic carbocycles. The second-order valence-electron chi connectivity index (χ2n) is 6.97. The van der Waals surface area contributed by atoms with Gasteiger partial charge in [0.05, 0.1) is 5.41 Å². The van der Waals surface area contributed by atoms with Crippen LogP contribution in [0.2, 0.25) is 0 Å². The fourth-order valence-electron chi connectivity index (χ4n) is 3.48. The lowest BCUT2D eigenvalue weighted by Gasteiger charge is -2.35. The molecule has 2 N–H and O–H groups in total. The molecule has 0 radical (unpaired) electrons. The zero-order valence-electron chi connectivity index (χ0n) is 16.2. The number of halogens is 1. The van der Waals surface area contributed by atoms with Crippen molar-refractivity contribution in [2.45, 2.75) is 42.9 Å². The smallest absolute Gasteiger partial charge is 0.237 e. The standard InChI is InChI=1S/C22H23FN2O3S/c1-2-22(13-11-19(26)25-21(22)28)15-7-9-16(10-8-15)24-20(27)12-14-29-18-6-4-3-5-17(18)23/h3-10H,2,11-14H2,1H3,(H,24,27)(H,25,26,28). The summed E-state index contributed by atoms with van der Waals surface area (Å²) < 4.78 is 13.6. The van der Waals surface area contributed by atoms with Gasteiger partial charge in [-0.1, -0.05) is 31.2 Å². The number of imide groups is 1. The van der Waals surface area contributed by atoms with Gasteiger partial charge >= 0.3 is 0 Å². The summed E-state index contributed by atoms with van der Waals surface area (Å²) >= 11 is 1.30. The maximum absolute atomic E-state index is 13.6. The summed E-state index contributed by atoms with van der Waals surface area (Å²) in [4.78, 5) is 36.6. The van der Waals surface area contributed by atoms with Crippen LogP contribution in [-0.2, 0) is 19.8 Å². The number of hydrogen-bond acceptors (Lipinski definition) is 4. The normalized spacial score (nSPS) is 19.0. The molecule has 1 fully saturated rings. The Morgan fingerprint density at radius 1 is 1.17 bits per heavy atom. The topological polar surface area (TPSA) is 75.3 Å². The molecule has 2 aromatic rings. The number of nitrogens with one attached hydrogen (secondary N) is 2. The molecule has 0 saturated carbocycles. The van der Waals surface area contributed by atoms with Crippen molar-refractivity contribution in [3.63, 3.8) is 0 Å². The van der Waals surface area contributed by atoms with Crippen molar-refractivity contribution in [3.05, 3.63) is 59.9 Å². The first-order chi connectivity index (χ1) is 13.9. The molecule has 152 valence electrons. The van der Waals surface area contributed by atoms with E-state index in [2.05, 4.69) is 10.6 Å². The molecule has 1 aliphatic rings. The van der Waals surface area contributed by atoms with Crippen LogP contribution in [0.4, 0.5) is 10.1 Å². The van der Waals surface area contributed by atoms with Crippen LogP contribution in [0.1, 0.15) is 38.2 Å². The fourth-order valence-corrected chi connectivity index (χ4v) is 4.37. The Labute approximate surface area is 173 Å². The first-order valence-corrected chi connectivity index (χ1v) is 10.5. The van der Waals surface area contributed by atoms with Crippen LogP contribution in [0.25, 0.3) is 0 Å². The first kappa shape index (κ1) is 21.0. The number of piperidine rings is 1. The number of rotatable bonds is 7. The minimum Gasteiger partial charge on any atom is -0.326 e. The molecular formula is C22H23FN2O3S. The van der Waals surface area contributed by atoms with Crippen LogP contribution in [-0.4, -0.2) is 23.5 Å². The Morgan fingerprint density at radius 2 is 1.90 bits per heavy atom. The summed E-state index contributed by atoms with van der Waals surface area (Å²) in [5, 5.41) is 5.25. The van der Waals surface area contributed by atoms with Gasteiger partial charge in [-0.05, 0) is 42.7 Å². The molecule has 0 bridgehead atoms. The van der Waals surface area contributed by atoms with E-state index in [1.807, 2.05) is 19.1 Å². The maximum atomic E-state index is 13.6. The van der Waals surface area contributed by atoms with E-state index in [0.717, 1.165) is 5.56 Å². The molecule has 1 atom stereocenters. The average Bonchev–Trinajstić information content (AvgIpc) is 2.71. The van der Waals surface area contributed by atoms with Crippen LogP contribution < -0.4 is 10.6 Å². The second-order valence-corrected chi connectivity index (χ2v) is 8.10. The molecule has 3 amide bonds. The number of thioether (sulfide) groups is 1. The molecular weight excluding hydrogens is 391 g/mol. The second kappa shape index (κ2) is 9.22. The molecule has 0 spiro atoms. The van der Waals surface area contributed by atoms with E-state index in [9.17, 15) is 18.8 Å². The number of hydrogen-bond donors (Lipinski definition) is 2. The molecule has 1 aliphatic heterocycles. The maximum Gasteiger partial charge on any atom is 0.237 e. The molecule has 1 saturated heterocycles. The van der Waals surface area contributed by atoms with Crippen LogP contribution in [0.5, 0.6) is 0 Å². The highest BCUT2D eigenvalue weighted by Crippen LogP contribution is 2.36. The third-order valence-electron chi connectivity index (χ3n) is 5.21. The highest BCUT2D eigenvalue weighted by atomic mass is 32.2. The Kier molecular flexibility index (Phi) is 6.69. The number of carbonyl (C=O) groups is 3. The lowest BCUT2D eigenvalue weighted by Crippen LogP contribution is -2.51. The van der Waals surface area contributed by atoms with Gasteiger partial charge in [0.15, 0.2) is 0 Å². The van der Waals surface area contributed by atoms with Crippen LogP contribution >= 0.6 is 11.8 Å². The van der Waals surface area contributed by atoms with E-state index in [4.69, 9.17) is 0 Å². The zero-order valence-corrected chi connectivity index (χ0v) is 17.0. The summed E-state index contributed by atoms with van der Waals surface area (Å²) in [6.45, 7) is 1.93. The summed E-state index contributed by atoms with van der Waals surface area (Å²) in [5.41, 5.74) is 0.749. The zero-order chi connectivity index (χ0) is 20.9. The third kappa shape index (κ3) is 4.85. The quantitative estimate of drug-likeness (QED) is 0.530.